The van der Waals surface area contributed by atoms with Crippen LogP contribution >= 0.6 is 0 Å². The minimum absolute atomic E-state index is 0.783. The SMILES string of the molecule is c1cnc2cc(CC3CCNCC3)nn2c1. The number of hydrogen-bond acceptors (Lipinski definition) is 3. The number of hydrogen-bond donors (Lipinski definition) is 1. The molecule has 4 nitrogen and oxygen atoms in total. The Morgan fingerprint density at radius 1 is 1.38 bits per heavy atom. The molecular weight excluding hydrogens is 200 g/mol. The molecule has 0 spiro atoms. The van der Waals surface area contributed by atoms with Crippen LogP contribution in [-0.4, -0.2) is 27.7 Å². The smallest absolute Gasteiger partial charge is 0.155 e. The van der Waals surface area contributed by atoms with Gasteiger partial charge >= 0.3 is 0 Å². The molecule has 2 aromatic rings. The molecule has 84 valence electrons. The van der Waals surface area contributed by atoms with Gasteiger partial charge in [0.05, 0.1) is 5.69 Å². The van der Waals surface area contributed by atoms with Crippen molar-refractivity contribution in [2.75, 3.05) is 13.1 Å². The molecule has 3 heterocycles. The highest BCUT2D eigenvalue weighted by atomic mass is 15.2. The molecule has 1 fully saturated rings. The van der Waals surface area contributed by atoms with E-state index in [1.165, 1.54) is 18.5 Å². The van der Waals surface area contributed by atoms with E-state index >= 15 is 0 Å². The predicted molar refractivity (Wildman–Crippen MR) is 62.3 cm³/mol. The van der Waals surface area contributed by atoms with Gasteiger partial charge in [0.25, 0.3) is 0 Å². The molecule has 0 saturated carbocycles. The summed E-state index contributed by atoms with van der Waals surface area (Å²) in [7, 11) is 0. The van der Waals surface area contributed by atoms with E-state index in [9.17, 15) is 0 Å². The Morgan fingerprint density at radius 2 is 2.25 bits per heavy atom. The van der Waals surface area contributed by atoms with E-state index in [2.05, 4.69) is 21.5 Å². The summed E-state index contributed by atoms with van der Waals surface area (Å²) in [5.74, 6) is 0.783. The number of nitrogens with zero attached hydrogens (tertiary/aromatic N) is 3. The largest absolute Gasteiger partial charge is 0.317 e. The zero-order valence-corrected chi connectivity index (χ0v) is 9.26. The Hall–Kier alpha value is -1.42. The van der Waals surface area contributed by atoms with Crippen LogP contribution in [0.4, 0.5) is 0 Å². The van der Waals surface area contributed by atoms with E-state index in [1.54, 1.807) is 0 Å². The van der Waals surface area contributed by atoms with Crippen LogP contribution in [0.5, 0.6) is 0 Å². The van der Waals surface area contributed by atoms with E-state index < -0.39 is 0 Å². The molecule has 2 aromatic heterocycles. The number of fused-ring (bicyclic) bond motifs is 1. The second kappa shape index (κ2) is 4.22. The standard InChI is InChI=1S/C12H16N4/c1-4-14-12-9-11(15-16(12)7-1)8-10-2-5-13-6-3-10/h1,4,7,9-10,13H,2-3,5-6,8H2. The van der Waals surface area contributed by atoms with Crippen LogP contribution in [-0.2, 0) is 6.42 Å². The van der Waals surface area contributed by atoms with E-state index in [4.69, 9.17) is 0 Å². The molecule has 0 radical (unpaired) electrons. The van der Waals surface area contributed by atoms with Crippen molar-refractivity contribution in [3.63, 3.8) is 0 Å². The van der Waals surface area contributed by atoms with Gasteiger partial charge in [0.1, 0.15) is 0 Å². The maximum Gasteiger partial charge on any atom is 0.155 e. The number of aromatic nitrogens is 3. The molecule has 1 aliphatic rings. The third-order valence-electron chi connectivity index (χ3n) is 3.24. The van der Waals surface area contributed by atoms with Crippen LogP contribution in [0.3, 0.4) is 0 Å². The Bertz CT molecular complexity index is 438. The highest BCUT2D eigenvalue weighted by Crippen LogP contribution is 2.17. The first-order chi connectivity index (χ1) is 7.92. The van der Waals surface area contributed by atoms with Crippen molar-refractivity contribution in [2.24, 2.45) is 5.92 Å². The summed E-state index contributed by atoms with van der Waals surface area (Å²) in [6, 6.07) is 4.01. The van der Waals surface area contributed by atoms with Crippen LogP contribution < -0.4 is 5.32 Å². The molecule has 3 rings (SSSR count). The monoisotopic (exact) mass is 216 g/mol. The van der Waals surface area contributed by atoms with Crippen molar-refractivity contribution in [1.82, 2.24) is 19.9 Å². The maximum atomic E-state index is 4.54. The van der Waals surface area contributed by atoms with Crippen LogP contribution in [0, 0.1) is 5.92 Å². The average molecular weight is 216 g/mol. The minimum atomic E-state index is 0.783. The fraction of sp³-hybridized carbons (Fsp3) is 0.500. The van der Waals surface area contributed by atoms with Crippen molar-refractivity contribution >= 4 is 5.65 Å². The molecule has 0 aliphatic carbocycles. The summed E-state index contributed by atoms with van der Waals surface area (Å²) >= 11 is 0. The first kappa shape index (κ1) is 9.78. The zero-order chi connectivity index (χ0) is 10.8. The summed E-state index contributed by atoms with van der Waals surface area (Å²) < 4.78 is 1.86. The average Bonchev–Trinajstić information content (AvgIpc) is 2.72. The number of nitrogens with one attached hydrogen (secondary N) is 1. The van der Waals surface area contributed by atoms with E-state index in [0.29, 0.717) is 0 Å². The Labute approximate surface area is 94.7 Å². The summed E-state index contributed by atoms with van der Waals surface area (Å²) in [5.41, 5.74) is 2.12. The predicted octanol–water partition coefficient (Wildman–Crippen LogP) is 1.27. The topological polar surface area (TPSA) is 42.2 Å². The van der Waals surface area contributed by atoms with Gasteiger partial charge in [-0.15, -0.1) is 0 Å². The molecule has 16 heavy (non-hydrogen) atoms. The second-order valence-electron chi connectivity index (χ2n) is 4.46. The molecule has 1 saturated heterocycles. The quantitative estimate of drug-likeness (QED) is 0.822. The third-order valence-corrected chi connectivity index (χ3v) is 3.24. The van der Waals surface area contributed by atoms with Gasteiger partial charge in [0.2, 0.25) is 0 Å². The van der Waals surface area contributed by atoms with Gasteiger partial charge in [-0.25, -0.2) is 9.50 Å². The van der Waals surface area contributed by atoms with Crippen LogP contribution in [0.25, 0.3) is 5.65 Å². The molecule has 0 amide bonds. The van der Waals surface area contributed by atoms with Crippen molar-refractivity contribution in [2.45, 2.75) is 19.3 Å². The van der Waals surface area contributed by atoms with Gasteiger partial charge in [0.15, 0.2) is 5.65 Å². The normalized spacial score (nSPS) is 18.0. The van der Waals surface area contributed by atoms with Crippen LogP contribution in [0.15, 0.2) is 24.5 Å². The zero-order valence-electron chi connectivity index (χ0n) is 9.26. The van der Waals surface area contributed by atoms with E-state index in [-0.39, 0.29) is 0 Å². The Morgan fingerprint density at radius 3 is 3.06 bits per heavy atom. The molecule has 1 N–H and O–H groups in total. The Balaban J connectivity index is 1.78. The molecule has 4 heteroatoms. The van der Waals surface area contributed by atoms with Crippen LogP contribution in [0.2, 0.25) is 0 Å². The lowest BCUT2D eigenvalue weighted by Gasteiger charge is -2.21. The second-order valence-corrected chi connectivity index (χ2v) is 4.46. The molecular formula is C12H16N4. The molecule has 0 bridgehead atoms. The summed E-state index contributed by atoms with van der Waals surface area (Å²) in [6.07, 6.45) is 7.38. The summed E-state index contributed by atoms with van der Waals surface area (Å²) in [6.45, 7) is 2.30. The third kappa shape index (κ3) is 1.93. The van der Waals surface area contributed by atoms with Crippen molar-refractivity contribution in [1.29, 1.82) is 0 Å². The molecule has 0 unspecified atom stereocenters. The van der Waals surface area contributed by atoms with Crippen molar-refractivity contribution in [3.05, 3.63) is 30.2 Å². The van der Waals surface area contributed by atoms with Gasteiger partial charge < -0.3 is 5.32 Å². The lowest BCUT2D eigenvalue weighted by atomic mass is 9.93. The number of rotatable bonds is 2. The van der Waals surface area contributed by atoms with E-state index in [0.717, 1.165) is 31.1 Å². The summed E-state index contributed by atoms with van der Waals surface area (Å²) in [4.78, 5) is 4.28. The van der Waals surface area contributed by atoms with Gasteiger partial charge in [-0.2, -0.15) is 5.10 Å². The van der Waals surface area contributed by atoms with Crippen molar-refractivity contribution in [3.8, 4) is 0 Å². The fourth-order valence-electron chi connectivity index (χ4n) is 2.36. The molecule has 0 aromatic carbocycles. The number of piperidine rings is 1. The maximum absolute atomic E-state index is 4.54. The van der Waals surface area contributed by atoms with Gasteiger partial charge in [-0.3, -0.25) is 0 Å². The molecule has 0 atom stereocenters. The van der Waals surface area contributed by atoms with Crippen molar-refractivity contribution < 1.29 is 0 Å². The van der Waals surface area contributed by atoms with Gasteiger partial charge in [-0.05, 0) is 44.3 Å². The first-order valence-corrected chi connectivity index (χ1v) is 5.92. The lowest BCUT2D eigenvalue weighted by molar-refractivity contribution is 0.370. The van der Waals surface area contributed by atoms with Gasteiger partial charge in [-0.1, -0.05) is 0 Å². The lowest BCUT2D eigenvalue weighted by Crippen LogP contribution is -2.28. The fourth-order valence-corrected chi connectivity index (χ4v) is 2.36. The highest BCUT2D eigenvalue weighted by Gasteiger charge is 2.15. The Kier molecular flexibility index (Phi) is 2.58. The molecule has 1 aliphatic heterocycles. The summed E-state index contributed by atoms with van der Waals surface area (Å²) in [5, 5.41) is 7.93. The first-order valence-electron chi connectivity index (χ1n) is 5.92. The highest BCUT2D eigenvalue weighted by molar-refractivity contribution is 5.38. The van der Waals surface area contributed by atoms with Crippen LogP contribution in [0.1, 0.15) is 18.5 Å². The van der Waals surface area contributed by atoms with E-state index in [1.807, 2.05) is 23.0 Å². The minimum Gasteiger partial charge on any atom is -0.317 e. The van der Waals surface area contributed by atoms with Gasteiger partial charge in [0, 0.05) is 18.5 Å².